The van der Waals surface area contributed by atoms with Gasteiger partial charge in [-0.2, -0.15) is 0 Å². The van der Waals surface area contributed by atoms with Crippen LogP contribution in [0.1, 0.15) is 31.2 Å². The molecular formula is C14H19Cl2NO. The lowest BCUT2D eigenvalue weighted by Gasteiger charge is -2.16. The Morgan fingerprint density at radius 1 is 1.33 bits per heavy atom. The smallest absolute Gasteiger partial charge is 0.0576 e. The van der Waals surface area contributed by atoms with Crippen LogP contribution in [0, 0.1) is 0 Å². The van der Waals surface area contributed by atoms with Gasteiger partial charge in [0.1, 0.15) is 0 Å². The summed E-state index contributed by atoms with van der Waals surface area (Å²) in [6, 6.07) is 5.66. The molecule has 1 aliphatic rings. The first-order valence-corrected chi connectivity index (χ1v) is 7.22. The van der Waals surface area contributed by atoms with E-state index in [9.17, 15) is 0 Å². The lowest BCUT2D eigenvalue weighted by Crippen LogP contribution is -2.25. The number of ether oxygens (including phenoxy) is 1. The molecule has 0 aromatic heterocycles. The van der Waals surface area contributed by atoms with Gasteiger partial charge in [-0.25, -0.2) is 0 Å². The average Bonchev–Trinajstić information content (AvgIpc) is 2.84. The molecule has 2 N–H and O–H groups in total. The molecule has 2 nitrogen and oxygen atoms in total. The Balaban J connectivity index is 1.84. The second-order valence-corrected chi connectivity index (χ2v) is 5.69. The first kappa shape index (κ1) is 14.1. The zero-order chi connectivity index (χ0) is 13.0. The molecule has 1 aromatic rings. The predicted molar refractivity (Wildman–Crippen MR) is 76.3 cm³/mol. The summed E-state index contributed by atoms with van der Waals surface area (Å²) < 4.78 is 5.59. The van der Waals surface area contributed by atoms with Crippen molar-refractivity contribution >= 4 is 23.2 Å². The van der Waals surface area contributed by atoms with Crippen molar-refractivity contribution in [2.45, 2.75) is 44.2 Å². The first-order valence-electron chi connectivity index (χ1n) is 6.47. The van der Waals surface area contributed by atoms with Crippen LogP contribution in [0.5, 0.6) is 0 Å². The van der Waals surface area contributed by atoms with E-state index < -0.39 is 0 Å². The molecule has 4 heteroatoms. The predicted octanol–water partition coefficient (Wildman–Crippen LogP) is 3.82. The topological polar surface area (TPSA) is 35.2 Å². The van der Waals surface area contributed by atoms with Crippen LogP contribution in [-0.2, 0) is 11.2 Å². The van der Waals surface area contributed by atoms with E-state index >= 15 is 0 Å². The fourth-order valence-corrected chi connectivity index (χ4v) is 2.92. The van der Waals surface area contributed by atoms with Gasteiger partial charge in [-0.15, -0.1) is 0 Å². The molecule has 0 saturated carbocycles. The van der Waals surface area contributed by atoms with Gasteiger partial charge in [-0.05, 0) is 49.8 Å². The molecule has 18 heavy (non-hydrogen) atoms. The average molecular weight is 288 g/mol. The van der Waals surface area contributed by atoms with Crippen molar-refractivity contribution in [1.29, 1.82) is 0 Å². The molecule has 0 bridgehead atoms. The van der Waals surface area contributed by atoms with Gasteiger partial charge in [-0.1, -0.05) is 29.3 Å². The zero-order valence-corrected chi connectivity index (χ0v) is 11.9. The number of benzene rings is 1. The maximum absolute atomic E-state index is 6.15. The van der Waals surface area contributed by atoms with Gasteiger partial charge in [0.15, 0.2) is 0 Å². The van der Waals surface area contributed by atoms with Crippen molar-refractivity contribution in [3.05, 3.63) is 33.8 Å². The van der Waals surface area contributed by atoms with Crippen molar-refractivity contribution in [3.63, 3.8) is 0 Å². The van der Waals surface area contributed by atoms with E-state index in [4.69, 9.17) is 33.7 Å². The normalized spacial score (nSPS) is 21.2. The van der Waals surface area contributed by atoms with Gasteiger partial charge < -0.3 is 10.5 Å². The Morgan fingerprint density at radius 2 is 2.06 bits per heavy atom. The van der Waals surface area contributed by atoms with Crippen molar-refractivity contribution in [3.8, 4) is 0 Å². The molecule has 1 aliphatic heterocycles. The zero-order valence-electron chi connectivity index (χ0n) is 10.4. The van der Waals surface area contributed by atoms with Gasteiger partial charge in [-0.3, -0.25) is 0 Å². The SMILES string of the molecule is NC(CCC1CCCO1)Cc1c(Cl)cccc1Cl. The molecule has 2 unspecified atom stereocenters. The van der Waals surface area contributed by atoms with Gasteiger partial charge in [0.05, 0.1) is 6.10 Å². The lowest BCUT2D eigenvalue weighted by molar-refractivity contribution is 0.101. The Hall–Kier alpha value is -0.280. The first-order chi connectivity index (χ1) is 8.66. The fraction of sp³-hybridized carbons (Fsp3) is 0.571. The lowest BCUT2D eigenvalue weighted by atomic mass is 10.00. The molecule has 0 amide bonds. The molecule has 1 heterocycles. The standard InChI is InChI=1S/C14H19Cl2NO/c15-13-4-1-5-14(16)12(13)9-10(17)6-7-11-3-2-8-18-11/h1,4-5,10-11H,2-3,6-9,17H2. The van der Waals surface area contributed by atoms with Crippen LogP contribution >= 0.6 is 23.2 Å². The van der Waals surface area contributed by atoms with E-state index in [0.717, 1.165) is 31.4 Å². The molecule has 0 spiro atoms. The number of rotatable bonds is 5. The Labute approximate surface area is 118 Å². The molecule has 0 aliphatic carbocycles. The quantitative estimate of drug-likeness (QED) is 0.894. The summed E-state index contributed by atoms with van der Waals surface area (Å²) in [5, 5.41) is 1.41. The van der Waals surface area contributed by atoms with E-state index in [0.29, 0.717) is 16.1 Å². The minimum absolute atomic E-state index is 0.0894. The van der Waals surface area contributed by atoms with E-state index in [2.05, 4.69) is 0 Å². The third kappa shape index (κ3) is 3.86. The highest BCUT2D eigenvalue weighted by molar-refractivity contribution is 6.35. The summed E-state index contributed by atoms with van der Waals surface area (Å²) >= 11 is 12.3. The number of nitrogens with two attached hydrogens (primary N) is 1. The largest absolute Gasteiger partial charge is 0.378 e. The highest BCUT2D eigenvalue weighted by Crippen LogP contribution is 2.26. The van der Waals surface area contributed by atoms with Crippen molar-refractivity contribution in [2.24, 2.45) is 5.73 Å². The monoisotopic (exact) mass is 287 g/mol. The van der Waals surface area contributed by atoms with Crippen LogP contribution < -0.4 is 5.73 Å². The van der Waals surface area contributed by atoms with E-state index in [-0.39, 0.29) is 6.04 Å². The Kier molecular flexibility index (Phi) is 5.31. The van der Waals surface area contributed by atoms with Crippen LogP contribution in [0.2, 0.25) is 10.0 Å². The molecule has 1 saturated heterocycles. The molecular weight excluding hydrogens is 269 g/mol. The van der Waals surface area contributed by atoms with E-state index in [1.807, 2.05) is 18.2 Å². The van der Waals surface area contributed by atoms with Gasteiger partial charge in [0, 0.05) is 22.7 Å². The van der Waals surface area contributed by atoms with Gasteiger partial charge in [0.25, 0.3) is 0 Å². The summed E-state index contributed by atoms with van der Waals surface area (Å²) in [5.74, 6) is 0. The van der Waals surface area contributed by atoms with Crippen LogP contribution in [-0.4, -0.2) is 18.8 Å². The third-order valence-corrected chi connectivity index (χ3v) is 4.12. The molecule has 100 valence electrons. The molecule has 2 rings (SSSR count). The molecule has 2 atom stereocenters. The maximum atomic E-state index is 6.15. The highest BCUT2D eigenvalue weighted by Gasteiger charge is 2.17. The summed E-state index contributed by atoms with van der Waals surface area (Å²) in [6.45, 7) is 0.899. The van der Waals surface area contributed by atoms with Crippen molar-refractivity contribution < 1.29 is 4.74 Å². The van der Waals surface area contributed by atoms with Crippen molar-refractivity contribution in [2.75, 3.05) is 6.61 Å². The maximum Gasteiger partial charge on any atom is 0.0576 e. The minimum atomic E-state index is 0.0894. The number of halogens is 2. The van der Waals surface area contributed by atoms with Gasteiger partial charge >= 0.3 is 0 Å². The van der Waals surface area contributed by atoms with Crippen LogP contribution in [0.4, 0.5) is 0 Å². The summed E-state index contributed by atoms with van der Waals surface area (Å²) in [6.07, 6.45) is 5.45. The van der Waals surface area contributed by atoms with Crippen molar-refractivity contribution in [1.82, 2.24) is 0 Å². The molecule has 0 radical (unpaired) electrons. The summed E-state index contributed by atoms with van der Waals surface area (Å²) in [7, 11) is 0. The Bertz CT molecular complexity index is 371. The summed E-state index contributed by atoms with van der Waals surface area (Å²) in [4.78, 5) is 0. The minimum Gasteiger partial charge on any atom is -0.378 e. The molecule has 1 aromatic carbocycles. The van der Waals surface area contributed by atoms with E-state index in [1.165, 1.54) is 12.8 Å². The van der Waals surface area contributed by atoms with Crippen LogP contribution in [0.15, 0.2) is 18.2 Å². The fourth-order valence-electron chi connectivity index (χ4n) is 2.36. The second kappa shape index (κ2) is 6.76. The number of hydrogen-bond acceptors (Lipinski definition) is 2. The number of hydrogen-bond donors (Lipinski definition) is 1. The van der Waals surface area contributed by atoms with E-state index in [1.54, 1.807) is 0 Å². The van der Waals surface area contributed by atoms with Crippen LogP contribution in [0.3, 0.4) is 0 Å². The summed E-state index contributed by atoms with van der Waals surface area (Å²) in [5.41, 5.74) is 7.11. The van der Waals surface area contributed by atoms with Crippen LogP contribution in [0.25, 0.3) is 0 Å². The second-order valence-electron chi connectivity index (χ2n) is 4.88. The van der Waals surface area contributed by atoms with Gasteiger partial charge in [0.2, 0.25) is 0 Å². The Morgan fingerprint density at radius 3 is 2.67 bits per heavy atom. The highest BCUT2D eigenvalue weighted by atomic mass is 35.5. The third-order valence-electron chi connectivity index (χ3n) is 3.41. The molecule has 1 fully saturated rings.